The number of rotatable bonds is 14. The number of ketones is 1. The number of fused-ring (bicyclic) bond motifs is 2. The lowest BCUT2D eigenvalue weighted by Crippen LogP contribution is -2.42. The highest BCUT2D eigenvalue weighted by molar-refractivity contribution is 7.16. The van der Waals surface area contributed by atoms with Gasteiger partial charge in [0.15, 0.2) is 0 Å². The lowest BCUT2D eigenvalue weighted by Gasteiger charge is -2.35. The van der Waals surface area contributed by atoms with Gasteiger partial charge >= 0.3 is 10.8 Å². The summed E-state index contributed by atoms with van der Waals surface area (Å²) in [6.45, 7) is 2.11. The predicted octanol–water partition coefficient (Wildman–Crippen LogP) is 4.72. The number of thiazole rings is 1. The van der Waals surface area contributed by atoms with Crippen molar-refractivity contribution in [3.05, 3.63) is 114 Å². The van der Waals surface area contributed by atoms with E-state index in [9.17, 15) is 29.4 Å². The summed E-state index contributed by atoms with van der Waals surface area (Å²) in [5, 5.41) is 29.4. The lowest BCUT2D eigenvalue weighted by molar-refractivity contribution is -0.169. The summed E-state index contributed by atoms with van der Waals surface area (Å²) in [5.41, 5.74) is 1.12. The van der Waals surface area contributed by atoms with Crippen LogP contribution in [0.1, 0.15) is 47.4 Å². The van der Waals surface area contributed by atoms with E-state index in [1.807, 2.05) is 45.7 Å². The summed E-state index contributed by atoms with van der Waals surface area (Å²) >= 11 is 3.90. The molecule has 1 atom stereocenters. The Morgan fingerprint density at radius 2 is 1.77 bits per heavy atom. The molecule has 3 N–H and O–H groups in total. The van der Waals surface area contributed by atoms with Gasteiger partial charge in [0.1, 0.15) is 11.8 Å². The first-order valence-corrected chi connectivity index (χ1v) is 20.2. The Morgan fingerprint density at radius 3 is 2.47 bits per heavy atom. The van der Waals surface area contributed by atoms with Gasteiger partial charge in [-0.2, -0.15) is 0 Å². The van der Waals surface area contributed by atoms with Crippen LogP contribution >= 0.6 is 34.0 Å². The van der Waals surface area contributed by atoms with Crippen molar-refractivity contribution in [2.24, 2.45) is 4.99 Å². The van der Waals surface area contributed by atoms with E-state index in [-0.39, 0.29) is 29.0 Å². The molecule has 4 heterocycles. The maximum Gasteiger partial charge on any atom is 0.349 e. The van der Waals surface area contributed by atoms with Crippen LogP contribution < -0.4 is 10.2 Å². The summed E-state index contributed by atoms with van der Waals surface area (Å²) in [5.74, 6) is -1.47. The Kier molecular flexibility index (Phi) is 11.3. The number of ether oxygens (including phenoxy) is 1. The summed E-state index contributed by atoms with van der Waals surface area (Å²) in [7, 11) is 2.11. The van der Waals surface area contributed by atoms with E-state index in [0.717, 1.165) is 54.4 Å². The largest absolute Gasteiger partial charge is 0.460 e. The Labute approximate surface area is 318 Å². The van der Waals surface area contributed by atoms with Gasteiger partial charge in [0.25, 0.3) is 5.91 Å². The van der Waals surface area contributed by atoms with Gasteiger partial charge in [0.05, 0.1) is 26.1 Å². The number of thiophene rings is 2. The van der Waals surface area contributed by atoms with Crippen LogP contribution in [0, 0.1) is 0 Å². The number of amides is 1. The van der Waals surface area contributed by atoms with Gasteiger partial charge in [-0.1, -0.05) is 35.6 Å². The Bertz CT molecular complexity index is 2140. The summed E-state index contributed by atoms with van der Waals surface area (Å²) in [6, 6.07) is 13.5. The lowest BCUT2D eigenvalue weighted by atomic mass is 9.89. The fraction of sp³-hybridized carbons (Fsp3) is 0.359. The van der Waals surface area contributed by atoms with Gasteiger partial charge in [-0.25, -0.2) is 9.79 Å². The second kappa shape index (κ2) is 16.1. The second-order valence-electron chi connectivity index (χ2n) is 13.5. The van der Waals surface area contributed by atoms with Gasteiger partial charge in [0, 0.05) is 37.3 Å². The van der Waals surface area contributed by atoms with Gasteiger partial charge < -0.3 is 25.2 Å². The first kappa shape index (κ1) is 37.2. The number of nitrogens with one attached hydrogen (secondary N) is 1. The normalized spacial score (nSPS) is 19.6. The van der Waals surface area contributed by atoms with Crippen LogP contribution in [0.3, 0.4) is 0 Å². The standard InChI is InChI=1S/C39H40N4O7S3/c1-42(25-8-10-26(11-9-25)50-37(47)39(49,33-5-2-19-51-33)34-6-3-20-52-34)17-4-18-43-29-14-7-24(21-32(29)53-38(43)48)22-40-23-31(45)27-12-15-30(44)36-28(27)13-16-35(46)41-36/h2-3,5-7,12-16,19-21,25-26,31,40,45,49H,4,8-11,17-18,22-23H2,1H3/t25?,26?,31-/m0/s1. The molecule has 0 spiro atoms. The number of dihydropyridines is 1. The predicted molar refractivity (Wildman–Crippen MR) is 208 cm³/mol. The third-order valence-corrected chi connectivity index (χ3v) is 13.0. The van der Waals surface area contributed by atoms with E-state index in [1.54, 1.807) is 18.2 Å². The molecule has 1 saturated carbocycles. The zero-order valence-electron chi connectivity index (χ0n) is 29.1. The quantitative estimate of drug-likeness (QED) is 0.122. The van der Waals surface area contributed by atoms with Gasteiger partial charge in [-0.15, -0.1) is 22.7 Å². The van der Waals surface area contributed by atoms with E-state index in [1.165, 1.54) is 52.2 Å². The van der Waals surface area contributed by atoms with Crippen LogP contribution in [0.25, 0.3) is 10.2 Å². The molecule has 3 aromatic heterocycles. The first-order chi connectivity index (χ1) is 25.6. The zero-order chi connectivity index (χ0) is 37.1. The van der Waals surface area contributed by atoms with Crippen molar-refractivity contribution in [2.75, 3.05) is 20.1 Å². The zero-order valence-corrected chi connectivity index (χ0v) is 31.6. The molecule has 53 heavy (non-hydrogen) atoms. The number of carbonyl (C=O) groups excluding carboxylic acids is 3. The molecule has 0 radical (unpaired) electrons. The second-order valence-corrected chi connectivity index (χ2v) is 16.4. The molecule has 3 aliphatic rings. The first-order valence-electron chi connectivity index (χ1n) is 17.6. The Morgan fingerprint density at radius 1 is 1.04 bits per heavy atom. The number of aliphatic hydroxyl groups excluding tert-OH is 1. The van der Waals surface area contributed by atoms with Gasteiger partial charge in [-0.3, -0.25) is 19.0 Å². The number of aryl methyl sites for hydroxylation is 1. The van der Waals surface area contributed by atoms with Crippen LogP contribution in [0.2, 0.25) is 0 Å². The molecule has 0 unspecified atom stereocenters. The minimum Gasteiger partial charge on any atom is -0.460 e. The minimum atomic E-state index is -1.80. The van der Waals surface area contributed by atoms with Crippen molar-refractivity contribution < 1.29 is 29.3 Å². The highest BCUT2D eigenvalue weighted by Crippen LogP contribution is 2.38. The van der Waals surface area contributed by atoms with E-state index in [0.29, 0.717) is 40.0 Å². The van der Waals surface area contributed by atoms with Gasteiger partial charge in [0.2, 0.25) is 11.4 Å². The third-order valence-electron chi connectivity index (χ3n) is 10.1. The Hall–Kier alpha value is -4.15. The number of nitrogens with zero attached hydrogens (tertiary/aromatic N) is 3. The number of benzene rings is 1. The molecule has 1 amide bonds. The van der Waals surface area contributed by atoms with Crippen molar-refractivity contribution in [1.29, 1.82) is 0 Å². The topological polar surface area (TPSA) is 151 Å². The molecule has 7 rings (SSSR count). The van der Waals surface area contributed by atoms with Crippen LogP contribution in [0.4, 0.5) is 0 Å². The molecule has 1 aliphatic heterocycles. The summed E-state index contributed by atoms with van der Waals surface area (Å²) in [6.07, 6.45) is 8.55. The average Bonchev–Trinajstić information content (AvgIpc) is 3.95. The number of aliphatic hydroxyl groups is 2. The van der Waals surface area contributed by atoms with Crippen LogP contribution in [-0.2, 0) is 37.8 Å². The van der Waals surface area contributed by atoms with E-state index < -0.39 is 23.6 Å². The highest BCUT2D eigenvalue weighted by atomic mass is 32.1. The molecule has 11 nitrogen and oxygen atoms in total. The maximum absolute atomic E-state index is 13.4. The average molecular weight is 773 g/mol. The van der Waals surface area contributed by atoms with Crippen molar-refractivity contribution in [1.82, 2.24) is 14.8 Å². The van der Waals surface area contributed by atoms with Crippen molar-refractivity contribution in [3.8, 4) is 0 Å². The number of carbonyl (C=O) groups is 3. The summed E-state index contributed by atoms with van der Waals surface area (Å²) < 4.78 is 8.66. The molecular formula is C39H40N4O7S3. The number of aromatic nitrogens is 1. The smallest absolute Gasteiger partial charge is 0.349 e. The van der Waals surface area contributed by atoms with Crippen molar-refractivity contribution >= 4 is 67.6 Å². The number of hydrogen-bond acceptors (Lipinski definition) is 12. The highest BCUT2D eigenvalue weighted by Gasteiger charge is 2.45. The molecule has 276 valence electrons. The molecule has 1 fully saturated rings. The minimum absolute atomic E-state index is 0.000825. The van der Waals surface area contributed by atoms with Crippen molar-refractivity contribution in [3.63, 3.8) is 0 Å². The molecule has 2 aliphatic carbocycles. The fourth-order valence-electron chi connectivity index (χ4n) is 7.18. The fourth-order valence-corrected chi connectivity index (χ4v) is 9.87. The monoisotopic (exact) mass is 772 g/mol. The number of hydrogen-bond donors (Lipinski definition) is 3. The SMILES string of the molecule is CN(CCCn1c(=O)sc2cc(CNC[C@H](O)C3=C4C=CC(=O)N=C4C(=O)C=C3)ccc21)C1CCC(OC(=O)C(O)(c2cccs2)c2cccs2)CC1. The molecule has 0 saturated heterocycles. The Balaban J connectivity index is 0.876. The molecule has 0 bridgehead atoms. The third kappa shape index (κ3) is 7.90. The molecule has 4 aromatic rings. The van der Waals surface area contributed by atoms with Crippen LogP contribution in [-0.4, -0.2) is 81.4 Å². The number of aliphatic imine (C=N–C) groups is 1. The van der Waals surface area contributed by atoms with Gasteiger partial charge in [-0.05, 0) is 104 Å². The number of allylic oxidation sites excluding steroid dienone is 3. The van der Waals surface area contributed by atoms with E-state index in [4.69, 9.17) is 4.74 Å². The molecule has 1 aromatic carbocycles. The molecule has 14 heteroatoms. The van der Waals surface area contributed by atoms with Crippen LogP contribution in [0.15, 0.2) is 98.5 Å². The van der Waals surface area contributed by atoms with Crippen molar-refractivity contribution in [2.45, 2.75) is 69.0 Å². The number of esters is 1. The molecular weight excluding hydrogens is 733 g/mol. The van der Waals surface area contributed by atoms with E-state index >= 15 is 0 Å². The van der Waals surface area contributed by atoms with Crippen LogP contribution in [0.5, 0.6) is 0 Å². The maximum atomic E-state index is 13.4. The summed E-state index contributed by atoms with van der Waals surface area (Å²) in [4.78, 5) is 57.4. The van der Waals surface area contributed by atoms with E-state index in [2.05, 4.69) is 22.3 Å².